The minimum Gasteiger partial charge on any atom is -0.497 e. The molecule has 0 fully saturated rings. The third kappa shape index (κ3) is 4.57. The number of methoxy groups -OCH3 is 1. The van der Waals surface area contributed by atoms with Gasteiger partial charge in [0.15, 0.2) is 5.65 Å². The number of ether oxygens (including phenoxy) is 1. The number of fused-ring (bicyclic) bond motifs is 3. The molecule has 0 saturated heterocycles. The maximum absolute atomic E-state index is 14.1. The second-order valence-corrected chi connectivity index (χ2v) is 10.4. The quantitative estimate of drug-likeness (QED) is 0.272. The summed E-state index contributed by atoms with van der Waals surface area (Å²) in [6.07, 6.45) is 2.11. The van der Waals surface area contributed by atoms with Crippen LogP contribution < -0.4 is 15.6 Å². The first-order valence-corrected chi connectivity index (χ1v) is 13.5. The summed E-state index contributed by atoms with van der Waals surface area (Å²) in [6.45, 7) is 0.642. The summed E-state index contributed by atoms with van der Waals surface area (Å²) in [6, 6.07) is 22.2. The van der Waals surface area contributed by atoms with Gasteiger partial charge in [-0.05, 0) is 76.9 Å². The van der Waals surface area contributed by atoms with Gasteiger partial charge in [-0.2, -0.15) is 5.10 Å². The molecule has 2 aromatic heterocycles. The zero-order valence-corrected chi connectivity index (χ0v) is 23.2. The fourth-order valence-corrected chi connectivity index (χ4v) is 5.31. The van der Waals surface area contributed by atoms with E-state index in [1.807, 2.05) is 54.6 Å². The Morgan fingerprint density at radius 3 is 2.56 bits per heavy atom. The number of rotatable bonds is 5. The molecule has 1 N–H and O–H groups in total. The number of amides is 1. The highest BCUT2D eigenvalue weighted by Crippen LogP contribution is 2.29. The lowest BCUT2D eigenvalue weighted by Crippen LogP contribution is -2.41. The van der Waals surface area contributed by atoms with Crippen molar-refractivity contribution in [2.45, 2.75) is 13.0 Å². The van der Waals surface area contributed by atoms with Gasteiger partial charge in [0.1, 0.15) is 11.4 Å². The van der Waals surface area contributed by atoms with E-state index in [9.17, 15) is 9.59 Å². The number of benzene rings is 3. The van der Waals surface area contributed by atoms with Crippen LogP contribution in [-0.4, -0.2) is 38.6 Å². The van der Waals surface area contributed by atoms with Gasteiger partial charge in [0, 0.05) is 27.8 Å². The first-order valence-electron chi connectivity index (χ1n) is 12.3. The van der Waals surface area contributed by atoms with E-state index in [0.717, 1.165) is 10.2 Å². The monoisotopic (exact) mass is 603 g/mol. The molecule has 10 heteroatoms. The van der Waals surface area contributed by atoms with Gasteiger partial charge in [-0.25, -0.2) is 4.52 Å². The molecular formula is C29H23BrClN5O3. The molecule has 0 saturated carbocycles. The number of carbonyl (C=O) groups excluding carboxylic acids is 1. The van der Waals surface area contributed by atoms with E-state index in [2.05, 4.69) is 26.3 Å². The zero-order chi connectivity index (χ0) is 27.1. The number of hydrogen-bond acceptors (Lipinski definition) is 5. The van der Waals surface area contributed by atoms with Crippen molar-refractivity contribution in [1.29, 1.82) is 0 Å². The van der Waals surface area contributed by atoms with E-state index >= 15 is 0 Å². The van der Waals surface area contributed by atoms with Crippen LogP contribution in [0.5, 0.6) is 5.75 Å². The number of aromatic nitrogens is 3. The minimum atomic E-state index is -0.155. The Bertz CT molecular complexity index is 1770. The summed E-state index contributed by atoms with van der Waals surface area (Å²) in [7, 11) is 1.60. The summed E-state index contributed by atoms with van der Waals surface area (Å²) >= 11 is 9.62. The van der Waals surface area contributed by atoms with Gasteiger partial charge in [-0.3, -0.25) is 14.2 Å². The van der Waals surface area contributed by atoms with E-state index in [1.165, 1.54) is 0 Å². The zero-order valence-electron chi connectivity index (χ0n) is 20.9. The molecule has 39 heavy (non-hydrogen) atoms. The Balaban J connectivity index is 1.49. The van der Waals surface area contributed by atoms with E-state index in [-0.39, 0.29) is 18.0 Å². The van der Waals surface area contributed by atoms with Crippen molar-refractivity contribution in [2.24, 2.45) is 0 Å². The number of hydrogen-bond donors (Lipinski definition) is 1. The summed E-state index contributed by atoms with van der Waals surface area (Å²) in [4.78, 5) is 29.2. The number of nitrogens with zero attached hydrogens (tertiary/aromatic N) is 4. The van der Waals surface area contributed by atoms with Crippen molar-refractivity contribution in [2.75, 3.05) is 19.0 Å². The summed E-state index contributed by atoms with van der Waals surface area (Å²) in [5.41, 5.74) is 4.46. The second kappa shape index (κ2) is 10.2. The van der Waals surface area contributed by atoms with Crippen molar-refractivity contribution in [1.82, 2.24) is 19.1 Å². The summed E-state index contributed by atoms with van der Waals surface area (Å²) in [5.74, 6) is 0.538. The molecule has 8 nitrogen and oxygen atoms in total. The normalized spacial score (nSPS) is 12.8. The Hall–Kier alpha value is -4.08. The van der Waals surface area contributed by atoms with Crippen molar-refractivity contribution >= 4 is 50.5 Å². The molecule has 196 valence electrons. The van der Waals surface area contributed by atoms with Crippen LogP contribution in [0.15, 0.2) is 88.3 Å². The standard InChI is InChI=1S/C29H23BrClN5O3/c1-39-21-10-8-20(9-11-21)35-27-25(33-19-5-3-2-4-6-19)16-32-36(27)26-17-34(14-13-22(26)29(35)38)28(37)18-7-12-23(30)24(31)15-18/h2-12,15-16,33H,13-14,17H2,1H3. The largest absolute Gasteiger partial charge is 0.497 e. The lowest BCUT2D eigenvalue weighted by Gasteiger charge is -2.29. The Labute approximate surface area is 237 Å². The lowest BCUT2D eigenvalue weighted by atomic mass is 10.0. The number of para-hydroxylation sites is 1. The molecule has 1 amide bonds. The molecule has 0 unspecified atom stereocenters. The molecule has 0 atom stereocenters. The van der Waals surface area contributed by atoms with Crippen molar-refractivity contribution in [3.8, 4) is 11.4 Å². The van der Waals surface area contributed by atoms with Crippen LogP contribution in [0, 0.1) is 0 Å². The van der Waals surface area contributed by atoms with E-state index in [4.69, 9.17) is 16.3 Å². The minimum absolute atomic E-state index is 0.141. The summed E-state index contributed by atoms with van der Waals surface area (Å²) in [5, 5.41) is 8.55. The highest BCUT2D eigenvalue weighted by atomic mass is 79.9. The Kier molecular flexibility index (Phi) is 6.62. The van der Waals surface area contributed by atoms with Crippen LogP contribution in [0.2, 0.25) is 5.02 Å². The summed E-state index contributed by atoms with van der Waals surface area (Å²) < 4.78 is 9.48. The van der Waals surface area contributed by atoms with Crippen LogP contribution in [0.25, 0.3) is 11.3 Å². The molecule has 3 heterocycles. The molecule has 6 rings (SSSR count). The first-order chi connectivity index (χ1) is 18.9. The van der Waals surface area contributed by atoms with E-state index in [1.54, 1.807) is 45.5 Å². The Morgan fingerprint density at radius 1 is 1.08 bits per heavy atom. The molecule has 5 aromatic rings. The van der Waals surface area contributed by atoms with Crippen molar-refractivity contribution in [3.63, 3.8) is 0 Å². The fraction of sp³-hybridized carbons (Fsp3) is 0.138. The van der Waals surface area contributed by atoms with E-state index in [0.29, 0.717) is 57.6 Å². The third-order valence-corrected chi connectivity index (χ3v) is 8.06. The van der Waals surface area contributed by atoms with Gasteiger partial charge in [0.2, 0.25) is 0 Å². The predicted molar refractivity (Wildman–Crippen MR) is 155 cm³/mol. The first kappa shape index (κ1) is 25.2. The number of halogens is 2. The van der Waals surface area contributed by atoms with Crippen molar-refractivity contribution in [3.05, 3.63) is 116 Å². The van der Waals surface area contributed by atoms with Gasteiger partial charge in [-0.1, -0.05) is 29.8 Å². The third-order valence-electron chi connectivity index (χ3n) is 6.83. The second-order valence-electron chi connectivity index (χ2n) is 9.15. The molecule has 0 aliphatic carbocycles. The van der Waals surface area contributed by atoms with Gasteiger partial charge in [0.05, 0.1) is 36.3 Å². The van der Waals surface area contributed by atoms with Gasteiger partial charge >= 0.3 is 0 Å². The average Bonchev–Trinajstić information content (AvgIpc) is 3.38. The topological polar surface area (TPSA) is 80.9 Å². The average molecular weight is 605 g/mol. The molecule has 0 radical (unpaired) electrons. The van der Waals surface area contributed by atoms with Gasteiger partial charge < -0.3 is 15.0 Å². The maximum atomic E-state index is 14.1. The number of anilines is 2. The number of nitrogens with one attached hydrogen (secondary N) is 1. The van der Waals surface area contributed by atoms with Crippen LogP contribution in [0.1, 0.15) is 21.6 Å². The molecule has 0 spiro atoms. The van der Waals surface area contributed by atoms with Gasteiger partial charge in [0.25, 0.3) is 11.5 Å². The van der Waals surface area contributed by atoms with Crippen LogP contribution in [0.3, 0.4) is 0 Å². The lowest BCUT2D eigenvalue weighted by molar-refractivity contribution is 0.0729. The van der Waals surface area contributed by atoms with Crippen LogP contribution in [0.4, 0.5) is 11.4 Å². The molecule has 1 aliphatic heterocycles. The van der Waals surface area contributed by atoms with Crippen molar-refractivity contribution < 1.29 is 9.53 Å². The Morgan fingerprint density at radius 2 is 1.85 bits per heavy atom. The van der Waals surface area contributed by atoms with Gasteiger partial charge in [-0.15, -0.1) is 0 Å². The van der Waals surface area contributed by atoms with Crippen LogP contribution >= 0.6 is 27.5 Å². The highest BCUT2D eigenvalue weighted by molar-refractivity contribution is 9.10. The molecule has 0 bridgehead atoms. The smallest absolute Gasteiger partial charge is 0.261 e. The molecular weight excluding hydrogens is 582 g/mol. The van der Waals surface area contributed by atoms with E-state index < -0.39 is 0 Å². The predicted octanol–water partition coefficient (Wildman–Crippen LogP) is 5.85. The SMILES string of the molecule is COc1ccc(-n2c(=O)c3c(n4ncc(Nc5ccccc5)c24)CN(C(=O)c2ccc(Br)c(Cl)c2)CC3)cc1. The molecule has 1 aliphatic rings. The van der Waals surface area contributed by atoms with Crippen LogP contribution in [-0.2, 0) is 13.0 Å². The fourth-order valence-electron chi connectivity index (χ4n) is 4.88. The molecule has 3 aromatic carbocycles. The number of carbonyl (C=O) groups is 1. The maximum Gasteiger partial charge on any atom is 0.261 e. The highest BCUT2D eigenvalue weighted by Gasteiger charge is 2.29.